The number of hydrogen-bond acceptors (Lipinski definition) is 4. The Morgan fingerprint density at radius 2 is 2.13 bits per heavy atom. The van der Waals surface area contributed by atoms with Crippen molar-refractivity contribution in [1.29, 1.82) is 0 Å². The van der Waals surface area contributed by atoms with Crippen molar-refractivity contribution in [3.63, 3.8) is 0 Å². The van der Waals surface area contributed by atoms with Gasteiger partial charge in [0.1, 0.15) is 9.84 Å². The van der Waals surface area contributed by atoms with E-state index in [1.165, 1.54) is 6.26 Å². The first-order chi connectivity index (χ1) is 6.88. The van der Waals surface area contributed by atoms with Crippen molar-refractivity contribution < 1.29 is 8.42 Å². The third-order valence-corrected chi connectivity index (χ3v) is 3.29. The lowest BCUT2D eigenvalue weighted by Gasteiger charge is -2.18. The highest BCUT2D eigenvalue weighted by molar-refractivity contribution is 9.10. The number of hydrogen-bond donors (Lipinski definition) is 0. The van der Waals surface area contributed by atoms with E-state index in [4.69, 9.17) is 0 Å². The van der Waals surface area contributed by atoms with Gasteiger partial charge in [0.15, 0.2) is 0 Å². The van der Waals surface area contributed by atoms with Crippen LogP contribution < -0.4 is 4.90 Å². The minimum Gasteiger partial charge on any atom is -0.372 e. The molecule has 0 atom stereocenters. The maximum Gasteiger partial charge on any atom is 0.149 e. The monoisotopic (exact) mass is 292 g/mol. The Balaban J connectivity index is 2.65. The molecular weight excluding hydrogens is 280 g/mol. The SMILES string of the molecule is CN(CCS(C)(=O)=O)c1cncc(Br)c1. The van der Waals surface area contributed by atoms with Gasteiger partial charge in [-0.2, -0.15) is 0 Å². The molecule has 0 bridgehead atoms. The van der Waals surface area contributed by atoms with Crippen LogP contribution in [0.2, 0.25) is 0 Å². The molecule has 1 aromatic rings. The molecule has 0 saturated carbocycles. The van der Waals surface area contributed by atoms with E-state index < -0.39 is 9.84 Å². The van der Waals surface area contributed by atoms with Gasteiger partial charge in [0.05, 0.1) is 17.6 Å². The fourth-order valence-electron chi connectivity index (χ4n) is 1.04. The minimum atomic E-state index is -2.91. The zero-order chi connectivity index (χ0) is 11.5. The average Bonchev–Trinajstić information content (AvgIpc) is 2.13. The second-order valence-corrected chi connectivity index (χ2v) is 6.59. The second-order valence-electron chi connectivity index (χ2n) is 3.41. The summed E-state index contributed by atoms with van der Waals surface area (Å²) in [5.74, 6) is 0.149. The Morgan fingerprint density at radius 1 is 1.47 bits per heavy atom. The average molecular weight is 293 g/mol. The highest BCUT2D eigenvalue weighted by Gasteiger charge is 2.06. The predicted octanol–water partition coefficient (Wildman–Crippen LogP) is 1.32. The number of rotatable bonds is 4. The summed E-state index contributed by atoms with van der Waals surface area (Å²) in [7, 11) is -1.07. The molecule has 0 aliphatic heterocycles. The van der Waals surface area contributed by atoms with Crippen LogP contribution in [0.25, 0.3) is 0 Å². The highest BCUT2D eigenvalue weighted by atomic mass is 79.9. The van der Waals surface area contributed by atoms with Gasteiger partial charge in [-0.1, -0.05) is 0 Å². The molecule has 0 radical (unpaired) electrons. The molecule has 1 rings (SSSR count). The van der Waals surface area contributed by atoms with Crippen molar-refractivity contribution in [2.75, 3.05) is 30.5 Å². The zero-order valence-electron chi connectivity index (χ0n) is 8.64. The molecule has 0 aliphatic carbocycles. The second kappa shape index (κ2) is 4.94. The summed E-state index contributed by atoms with van der Waals surface area (Å²) in [5.41, 5.74) is 0.896. The van der Waals surface area contributed by atoms with E-state index in [0.29, 0.717) is 6.54 Å². The number of halogens is 1. The fraction of sp³-hybridized carbons (Fsp3) is 0.444. The largest absolute Gasteiger partial charge is 0.372 e. The molecule has 84 valence electrons. The summed E-state index contributed by atoms with van der Waals surface area (Å²) in [6, 6.07) is 1.90. The van der Waals surface area contributed by atoms with Crippen molar-refractivity contribution in [3.05, 3.63) is 22.9 Å². The zero-order valence-corrected chi connectivity index (χ0v) is 11.0. The van der Waals surface area contributed by atoms with Crippen LogP contribution in [0.1, 0.15) is 0 Å². The topological polar surface area (TPSA) is 50.3 Å². The summed E-state index contributed by atoms with van der Waals surface area (Å²) in [6.07, 6.45) is 4.63. The third kappa shape index (κ3) is 4.61. The van der Waals surface area contributed by atoms with Crippen molar-refractivity contribution in [2.45, 2.75) is 0 Å². The molecule has 0 aromatic carbocycles. The van der Waals surface area contributed by atoms with Gasteiger partial charge in [-0.15, -0.1) is 0 Å². The molecule has 0 N–H and O–H groups in total. The predicted molar refractivity (Wildman–Crippen MR) is 64.9 cm³/mol. The minimum absolute atomic E-state index is 0.149. The number of anilines is 1. The lowest BCUT2D eigenvalue weighted by molar-refractivity contribution is 0.601. The molecule has 1 aromatic heterocycles. The first kappa shape index (κ1) is 12.4. The Hall–Kier alpha value is -0.620. The molecule has 4 nitrogen and oxygen atoms in total. The van der Waals surface area contributed by atoms with Crippen molar-refractivity contribution in [1.82, 2.24) is 4.98 Å². The number of sulfone groups is 1. The maximum atomic E-state index is 11.0. The van der Waals surface area contributed by atoms with Crippen molar-refractivity contribution in [2.24, 2.45) is 0 Å². The van der Waals surface area contributed by atoms with Crippen LogP contribution in [-0.2, 0) is 9.84 Å². The lowest BCUT2D eigenvalue weighted by Crippen LogP contribution is -2.24. The molecule has 0 spiro atoms. The number of nitrogens with zero attached hydrogens (tertiary/aromatic N) is 2. The molecule has 0 aliphatic rings. The first-order valence-electron chi connectivity index (χ1n) is 4.38. The van der Waals surface area contributed by atoms with Crippen LogP contribution in [0.15, 0.2) is 22.9 Å². The Bertz CT molecular complexity index is 433. The van der Waals surface area contributed by atoms with Gasteiger partial charge in [0.25, 0.3) is 0 Å². The normalized spacial score (nSPS) is 11.4. The number of pyridine rings is 1. The quantitative estimate of drug-likeness (QED) is 0.840. The third-order valence-electron chi connectivity index (χ3n) is 1.93. The van der Waals surface area contributed by atoms with Gasteiger partial charge in [-0.05, 0) is 22.0 Å². The Morgan fingerprint density at radius 3 is 2.67 bits per heavy atom. The van der Waals surface area contributed by atoms with Crippen molar-refractivity contribution in [3.8, 4) is 0 Å². The molecule has 0 fully saturated rings. The molecule has 15 heavy (non-hydrogen) atoms. The summed E-state index contributed by atoms with van der Waals surface area (Å²) in [5, 5.41) is 0. The van der Waals surface area contributed by atoms with E-state index in [9.17, 15) is 8.42 Å². The Kier molecular flexibility index (Phi) is 4.10. The van der Waals surface area contributed by atoms with E-state index in [0.717, 1.165) is 10.2 Å². The van der Waals surface area contributed by atoms with E-state index in [1.54, 1.807) is 12.4 Å². The summed E-state index contributed by atoms with van der Waals surface area (Å²) in [6.45, 7) is 0.469. The molecule has 0 amide bonds. The molecule has 0 saturated heterocycles. The van der Waals surface area contributed by atoms with Crippen LogP contribution in [0, 0.1) is 0 Å². The van der Waals surface area contributed by atoms with Crippen LogP contribution in [0.4, 0.5) is 5.69 Å². The van der Waals surface area contributed by atoms with Crippen molar-refractivity contribution >= 4 is 31.5 Å². The maximum absolute atomic E-state index is 11.0. The summed E-state index contributed by atoms with van der Waals surface area (Å²) < 4.78 is 22.8. The van der Waals surface area contributed by atoms with Crippen LogP contribution >= 0.6 is 15.9 Å². The molecular formula is C9H13BrN2O2S. The van der Waals surface area contributed by atoms with E-state index >= 15 is 0 Å². The molecule has 0 unspecified atom stereocenters. The van der Waals surface area contributed by atoms with Crippen LogP contribution in [-0.4, -0.2) is 39.0 Å². The van der Waals surface area contributed by atoms with Gasteiger partial charge < -0.3 is 4.90 Å². The summed E-state index contributed by atoms with van der Waals surface area (Å²) >= 11 is 3.31. The lowest BCUT2D eigenvalue weighted by atomic mass is 10.4. The number of aromatic nitrogens is 1. The molecule has 1 heterocycles. The van der Waals surface area contributed by atoms with E-state index in [-0.39, 0.29) is 5.75 Å². The van der Waals surface area contributed by atoms with Gasteiger partial charge in [-0.3, -0.25) is 4.98 Å². The molecule has 6 heteroatoms. The van der Waals surface area contributed by atoms with Gasteiger partial charge >= 0.3 is 0 Å². The first-order valence-corrected chi connectivity index (χ1v) is 7.23. The van der Waals surface area contributed by atoms with Crippen LogP contribution in [0.3, 0.4) is 0 Å². The Labute approximate surface area is 98.4 Å². The van der Waals surface area contributed by atoms with E-state index in [1.807, 2.05) is 18.0 Å². The summed E-state index contributed by atoms with van der Waals surface area (Å²) in [4.78, 5) is 5.87. The highest BCUT2D eigenvalue weighted by Crippen LogP contribution is 2.16. The van der Waals surface area contributed by atoms with Gasteiger partial charge in [-0.25, -0.2) is 8.42 Å². The standard InChI is InChI=1S/C9H13BrN2O2S/c1-12(3-4-15(2,13)14)9-5-8(10)6-11-7-9/h5-7H,3-4H2,1-2H3. The fourth-order valence-corrected chi connectivity index (χ4v) is 2.00. The van der Waals surface area contributed by atoms with Gasteiger partial charge in [0, 0.05) is 30.5 Å². The van der Waals surface area contributed by atoms with Gasteiger partial charge in [0.2, 0.25) is 0 Å². The smallest absolute Gasteiger partial charge is 0.149 e. The van der Waals surface area contributed by atoms with Crippen LogP contribution in [0.5, 0.6) is 0 Å². The van der Waals surface area contributed by atoms with E-state index in [2.05, 4.69) is 20.9 Å².